The molecule has 1 saturated carbocycles. The Balaban J connectivity index is 2.05. The maximum Gasteiger partial charge on any atom is 0.226 e. The second-order valence-corrected chi connectivity index (χ2v) is 4.63. The molecule has 1 aliphatic heterocycles. The molecule has 1 amide bonds. The average Bonchev–Trinajstić information content (AvgIpc) is 2.84. The molecule has 0 aromatic carbocycles. The third-order valence-corrected chi connectivity index (χ3v) is 2.84. The smallest absolute Gasteiger partial charge is 0.226 e. The molecule has 13 heavy (non-hydrogen) atoms. The molecule has 0 spiro atoms. The molecular weight excluding hydrogens is 166 g/mol. The number of nitrogens with zero attached hydrogens (tertiary/aromatic N) is 1. The Bertz CT molecular complexity index is 221. The van der Waals surface area contributed by atoms with Crippen molar-refractivity contribution in [2.24, 2.45) is 5.92 Å². The van der Waals surface area contributed by atoms with Crippen LogP contribution in [0.25, 0.3) is 0 Å². The van der Waals surface area contributed by atoms with Gasteiger partial charge in [-0.1, -0.05) is 0 Å². The van der Waals surface area contributed by atoms with E-state index in [1.807, 2.05) is 4.90 Å². The Labute approximate surface area is 79.0 Å². The first kappa shape index (κ1) is 9.00. The Morgan fingerprint density at radius 2 is 2.15 bits per heavy atom. The summed E-state index contributed by atoms with van der Waals surface area (Å²) in [5.41, 5.74) is -0.0993. The molecule has 0 bridgehead atoms. The van der Waals surface area contributed by atoms with Gasteiger partial charge in [0.15, 0.2) is 0 Å². The van der Waals surface area contributed by atoms with E-state index in [2.05, 4.69) is 13.8 Å². The second kappa shape index (κ2) is 2.98. The fourth-order valence-corrected chi connectivity index (χ4v) is 1.82. The minimum absolute atomic E-state index is 0.0993. The molecule has 1 aliphatic carbocycles. The summed E-state index contributed by atoms with van der Waals surface area (Å²) in [4.78, 5) is 13.8. The quantitative estimate of drug-likeness (QED) is 0.607. The number of carbonyl (C=O) groups is 1. The summed E-state index contributed by atoms with van der Waals surface area (Å²) in [6, 6.07) is 0. The highest BCUT2D eigenvalue weighted by molar-refractivity contribution is 5.81. The molecule has 2 rings (SSSR count). The highest BCUT2D eigenvalue weighted by atomic mass is 16.5. The van der Waals surface area contributed by atoms with Crippen molar-refractivity contribution in [1.29, 1.82) is 0 Å². The molecule has 0 radical (unpaired) electrons. The number of hydrogen-bond acceptors (Lipinski definition) is 2. The van der Waals surface area contributed by atoms with Crippen LogP contribution in [0.3, 0.4) is 0 Å². The molecular formula is C10H17NO2. The lowest BCUT2D eigenvalue weighted by molar-refractivity contribution is -0.147. The number of hydrogen-bond donors (Lipinski definition) is 0. The molecule has 0 N–H and O–H groups in total. The fourth-order valence-electron chi connectivity index (χ4n) is 1.82. The van der Waals surface area contributed by atoms with Crippen molar-refractivity contribution < 1.29 is 9.53 Å². The van der Waals surface area contributed by atoms with Crippen LogP contribution in [-0.2, 0) is 9.53 Å². The van der Waals surface area contributed by atoms with Crippen molar-refractivity contribution in [3.8, 4) is 0 Å². The minimum Gasteiger partial charge on any atom is -0.377 e. The molecule has 0 aromatic rings. The van der Waals surface area contributed by atoms with Crippen LogP contribution in [0.5, 0.6) is 0 Å². The molecule has 0 aromatic heterocycles. The molecule has 3 heteroatoms. The van der Waals surface area contributed by atoms with E-state index in [1.165, 1.54) is 0 Å². The Kier molecular flexibility index (Phi) is 2.06. The lowest BCUT2D eigenvalue weighted by Crippen LogP contribution is -2.56. The summed E-state index contributed by atoms with van der Waals surface area (Å²) in [6.45, 7) is 6.29. The van der Waals surface area contributed by atoms with Gasteiger partial charge in [0.2, 0.25) is 5.91 Å². The van der Waals surface area contributed by atoms with Gasteiger partial charge < -0.3 is 9.64 Å². The number of carbonyl (C=O) groups excluding carboxylic acids is 1. The van der Waals surface area contributed by atoms with Crippen LogP contribution in [0.15, 0.2) is 0 Å². The van der Waals surface area contributed by atoms with Crippen LogP contribution in [0, 0.1) is 5.92 Å². The summed E-state index contributed by atoms with van der Waals surface area (Å²) in [6.07, 6.45) is 2.18. The van der Waals surface area contributed by atoms with Crippen molar-refractivity contribution in [2.75, 3.05) is 19.8 Å². The predicted molar refractivity (Wildman–Crippen MR) is 49.3 cm³/mol. The van der Waals surface area contributed by atoms with Crippen LogP contribution in [0.2, 0.25) is 0 Å². The third kappa shape index (κ3) is 1.70. The van der Waals surface area contributed by atoms with Crippen LogP contribution >= 0.6 is 0 Å². The van der Waals surface area contributed by atoms with Gasteiger partial charge in [-0.2, -0.15) is 0 Å². The summed E-state index contributed by atoms with van der Waals surface area (Å²) >= 11 is 0. The van der Waals surface area contributed by atoms with Crippen LogP contribution in [0.4, 0.5) is 0 Å². The maximum atomic E-state index is 11.8. The monoisotopic (exact) mass is 183 g/mol. The highest BCUT2D eigenvalue weighted by Gasteiger charge is 2.40. The average molecular weight is 183 g/mol. The Morgan fingerprint density at radius 3 is 2.69 bits per heavy atom. The summed E-state index contributed by atoms with van der Waals surface area (Å²) in [7, 11) is 0. The summed E-state index contributed by atoms with van der Waals surface area (Å²) < 4.78 is 5.37. The predicted octanol–water partition coefficient (Wildman–Crippen LogP) is 1.03. The zero-order valence-corrected chi connectivity index (χ0v) is 8.38. The van der Waals surface area contributed by atoms with E-state index in [0.29, 0.717) is 25.0 Å². The number of amides is 1. The van der Waals surface area contributed by atoms with E-state index in [9.17, 15) is 4.79 Å². The van der Waals surface area contributed by atoms with Crippen molar-refractivity contribution >= 4 is 5.91 Å². The van der Waals surface area contributed by atoms with Crippen molar-refractivity contribution in [3.63, 3.8) is 0 Å². The molecule has 2 fully saturated rings. The molecule has 1 saturated heterocycles. The van der Waals surface area contributed by atoms with E-state index in [1.54, 1.807) is 0 Å². The number of morpholine rings is 1. The van der Waals surface area contributed by atoms with Crippen molar-refractivity contribution in [2.45, 2.75) is 32.2 Å². The second-order valence-electron chi connectivity index (χ2n) is 4.63. The van der Waals surface area contributed by atoms with Gasteiger partial charge >= 0.3 is 0 Å². The van der Waals surface area contributed by atoms with E-state index in [4.69, 9.17) is 4.74 Å². The lowest BCUT2D eigenvalue weighted by atomic mass is 10.0. The van der Waals surface area contributed by atoms with Gasteiger partial charge in [-0.05, 0) is 26.7 Å². The molecule has 2 aliphatic rings. The van der Waals surface area contributed by atoms with Crippen molar-refractivity contribution in [3.05, 3.63) is 0 Å². The topological polar surface area (TPSA) is 29.5 Å². The van der Waals surface area contributed by atoms with Crippen LogP contribution < -0.4 is 0 Å². The molecule has 0 unspecified atom stereocenters. The van der Waals surface area contributed by atoms with E-state index in [-0.39, 0.29) is 5.54 Å². The van der Waals surface area contributed by atoms with Gasteiger partial charge in [-0.3, -0.25) is 4.79 Å². The summed E-state index contributed by atoms with van der Waals surface area (Å²) in [5, 5.41) is 0. The van der Waals surface area contributed by atoms with E-state index in [0.717, 1.165) is 19.4 Å². The van der Waals surface area contributed by atoms with Crippen LogP contribution in [-0.4, -0.2) is 36.1 Å². The van der Waals surface area contributed by atoms with Gasteiger partial charge in [-0.15, -0.1) is 0 Å². The summed E-state index contributed by atoms with van der Waals surface area (Å²) in [5.74, 6) is 0.672. The normalized spacial score (nSPS) is 27.4. The lowest BCUT2D eigenvalue weighted by Gasteiger charge is -2.42. The molecule has 74 valence electrons. The Morgan fingerprint density at radius 1 is 1.46 bits per heavy atom. The zero-order chi connectivity index (χ0) is 9.47. The zero-order valence-electron chi connectivity index (χ0n) is 8.38. The largest absolute Gasteiger partial charge is 0.377 e. The van der Waals surface area contributed by atoms with Gasteiger partial charge in [0, 0.05) is 12.5 Å². The Hall–Kier alpha value is -0.570. The molecule has 0 atom stereocenters. The van der Waals surface area contributed by atoms with Crippen molar-refractivity contribution in [1.82, 2.24) is 4.90 Å². The van der Waals surface area contributed by atoms with E-state index >= 15 is 0 Å². The first-order valence-electron chi connectivity index (χ1n) is 5.00. The first-order valence-corrected chi connectivity index (χ1v) is 5.00. The fraction of sp³-hybridized carbons (Fsp3) is 0.900. The van der Waals surface area contributed by atoms with Gasteiger partial charge in [0.25, 0.3) is 0 Å². The third-order valence-electron chi connectivity index (χ3n) is 2.84. The molecule has 1 heterocycles. The van der Waals surface area contributed by atoms with E-state index < -0.39 is 0 Å². The van der Waals surface area contributed by atoms with Crippen LogP contribution in [0.1, 0.15) is 26.7 Å². The minimum atomic E-state index is -0.0993. The number of ether oxygens (including phenoxy) is 1. The molecule has 3 nitrogen and oxygen atoms in total. The van der Waals surface area contributed by atoms with Gasteiger partial charge in [0.1, 0.15) is 0 Å². The van der Waals surface area contributed by atoms with Gasteiger partial charge in [0.05, 0.1) is 18.8 Å². The van der Waals surface area contributed by atoms with Gasteiger partial charge in [-0.25, -0.2) is 0 Å². The number of rotatable bonds is 1. The maximum absolute atomic E-state index is 11.8. The first-order chi connectivity index (χ1) is 6.11. The standard InChI is InChI=1S/C10H17NO2/c1-10(2)7-13-6-5-11(10)9(12)8-3-4-8/h8H,3-7H2,1-2H3. The highest BCUT2D eigenvalue weighted by Crippen LogP contribution is 2.34. The SMILES string of the molecule is CC1(C)COCCN1C(=O)C1CC1.